The molecule has 0 radical (unpaired) electrons. The second-order valence-corrected chi connectivity index (χ2v) is 8.39. The van der Waals surface area contributed by atoms with Gasteiger partial charge in [-0.25, -0.2) is 0 Å². The predicted molar refractivity (Wildman–Crippen MR) is 77.1 cm³/mol. The molecule has 1 saturated heterocycles. The van der Waals surface area contributed by atoms with E-state index < -0.39 is 5.60 Å². The van der Waals surface area contributed by atoms with Crippen LogP contribution in [0.3, 0.4) is 0 Å². The molecule has 5 unspecified atom stereocenters. The number of nitrogens with one attached hydrogen (secondary N) is 1. The Morgan fingerprint density at radius 3 is 2.81 bits per heavy atom. The summed E-state index contributed by atoms with van der Waals surface area (Å²) in [6, 6.07) is 0. The molecule has 5 aliphatic rings. The monoisotopic (exact) mass is 291 g/mol. The topological polar surface area (TPSA) is 78.6 Å². The lowest BCUT2D eigenvalue weighted by Crippen LogP contribution is -2.77. The summed E-state index contributed by atoms with van der Waals surface area (Å²) in [5.74, 6) is 1.64. The zero-order chi connectivity index (χ0) is 14.5. The lowest BCUT2D eigenvalue weighted by Gasteiger charge is -2.73. The maximum Gasteiger partial charge on any atom is 0.237 e. The molecule has 0 aromatic rings. The molecule has 1 spiro atoms. The van der Waals surface area contributed by atoms with Gasteiger partial charge in [0.1, 0.15) is 0 Å². The van der Waals surface area contributed by atoms with Crippen LogP contribution in [-0.4, -0.2) is 46.3 Å². The lowest BCUT2D eigenvalue weighted by molar-refractivity contribution is -0.211. The summed E-state index contributed by atoms with van der Waals surface area (Å²) < 4.78 is 0. The fourth-order valence-electron chi connectivity index (χ4n) is 6.94. The molecule has 4 aliphatic carbocycles. The van der Waals surface area contributed by atoms with Crippen LogP contribution >= 0.6 is 0 Å². The molecule has 5 rings (SSSR count). The Morgan fingerprint density at radius 2 is 2.14 bits per heavy atom. The van der Waals surface area contributed by atoms with Gasteiger partial charge in [0, 0.05) is 12.1 Å². The van der Waals surface area contributed by atoms with E-state index in [2.05, 4.69) is 5.32 Å². The first-order valence-corrected chi connectivity index (χ1v) is 8.51. The summed E-state index contributed by atoms with van der Waals surface area (Å²) in [6.45, 7) is 1.19. The first kappa shape index (κ1) is 12.9. The van der Waals surface area contributed by atoms with Gasteiger partial charge in [-0.2, -0.15) is 0 Å². The van der Waals surface area contributed by atoms with Gasteiger partial charge in [0.2, 0.25) is 5.91 Å². The van der Waals surface area contributed by atoms with E-state index in [4.69, 9.17) is 5.73 Å². The van der Waals surface area contributed by atoms with E-state index in [9.17, 15) is 9.90 Å². The molecular formula is C16H25N3O2. The van der Waals surface area contributed by atoms with Crippen molar-refractivity contribution in [2.75, 3.05) is 13.1 Å². The lowest BCUT2D eigenvalue weighted by atomic mass is 9.35. The van der Waals surface area contributed by atoms with Crippen LogP contribution in [-0.2, 0) is 4.79 Å². The molecule has 4 N–H and O–H groups in total. The van der Waals surface area contributed by atoms with Crippen molar-refractivity contribution >= 4 is 5.91 Å². The van der Waals surface area contributed by atoms with E-state index in [0.717, 1.165) is 51.0 Å². The smallest absolute Gasteiger partial charge is 0.237 e. The normalized spacial score (nSPS) is 56.1. The van der Waals surface area contributed by atoms with Crippen LogP contribution in [0.4, 0.5) is 0 Å². The molecule has 1 aliphatic heterocycles. The fraction of sp³-hybridized carbons (Fsp3) is 0.938. The van der Waals surface area contributed by atoms with Crippen LogP contribution in [0.2, 0.25) is 0 Å². The Hall–Kier alpha value is -0.650. The Morgan fingerprint density at radius 1 is 1.33 bits per heavy atom. The number of nitrogens with two attached hydrogens (primary N) is 1. The number of hydrogen-bond acceptors (Lipinski definition) is 4. The number of aliphatic hydroxyl groups is 1. The van der Waals surface area contributed by atoms with Crippen LogP contribution < -0.4 is 11.1 Å². The minimum Gasteiger partial charge on any atom is -0.390 e. The fourth-order valence-corrected chi connectivity index (χ4v) is 6.94. The molecular weight excluding hydrogens is 266 g/mol. The van der Waals surface area contributed by atoms with Crippen molar-refractivity contribution in [1.29, 1.82) is 0 Å². The third kappa shape index (κ3) is 1.32. The minimum absolute atomic E-state index is 0.0487. The van der Waals surface area contributed by atoms with Crippen molar-refractivity contribution in [3.05, 3.63) is 0 Å². The van der Waals surface area contributed by atoms with Gasteiger partial charge >= 0.3 is 0 Å². The third-order valence-electron chi connectivity index (χ3n) is 7.59. The first-order chi connectivity index (χ1) is 9.98. The molecule has 6 atom stereocenters. The highest BCUT2D eigenvalue weighted by atomic mass is 16.3. The quantitative estimate of drug-likeness (QED) is 0.693. The van der Waals surface area contributed by atoms with Gasteiger partial charge in [0.15, 0.2) is 0 Å². The van der Waals surface area contributed by atoms with Gasteiger partial charge in [-0.3, -0.25) is 4.79 Å². The van der Waals surface area contributed by atoms with Crippen molar-refractivity contribution in [3.63, 3.8) is 0 Å². The Bertz CT molecular complexity index is 526. The van der Waals surface area contributed by atoms with Gasteiger partial charge in [0.05, 0.1) is 18.3 Å². The number of carbonyl (C=O) groups excluding carboxylic acids is 1. The van der Waals surface area contributed by atoms with E-state index in [1.807, 2.05) is 4.90 Å². The summed E-state index contributed by atoms with van der Waals surface area (Å²) in [6.07, 6.45) is 7.13. The van der Waals surface area contributed by atoms with E-state index in [1.54, 1.807) is 0 Å². The zero-order valence-corrected chi connectivity index (χ0v) is 12.5. The molecule has 21 heavy (non-hydrogen) atoms. The number of likely N-dealkylation sites (tertiary alicyclic amines) is 1. The Kier molecular flexibility index (Phi) is 2.22. The number of fused-ring (bicyclic) bond motifs is 1. The second-order valence-electron chi connectivity index (χ2n) is 8.39. The minimum atomic E-state index is -0.448. The average molecular weight is 291 g/mol. The molecule has 0 aromatic heterocycles. The predicted octanol–water partition coefficient (Wildman–Crippen LogP) is 0.177. The number of carbonyl (C=O) groups is 1. The van der Waals surface area contributed by atoms with E-state index in [-0.39, 0.29) is 17.6 Å². The van der Waals surface area contributed by atoms with Crippen LogP contribution in [0.15, 0.2) is 0 Å². The van der Waals surface area contributed by atoms with Gasteiger partial charge in [-0.15, -0.1) is 0 Å². The van der Waals surface area contributed by atoms with Crippen molar-refractivity contribution < 1.29 is 9.90 Å². The molecule has 2 bridgehead atoms. The zero-order valence-electron chi connectivity index (χ0n) is 12.5. The van der Waals surface area contributed by atoms with Gasteiger partial charge in [-0.05, 0) is 62.2 Å². The Balaban J connectivity index is 1.31. The van der Waals surface area contributed by atoms with Crippen molar-refractivity contribution in [3.8, 4) is 0 Å². The molecule has 5 heteroatoms. The van der Waals surface area contributed by atoms with Gasteiger partial charge in [-0.1, -0.05) is 0 Å². The summed E-state index contributed by atoms with van der Waals surface area (Å²) >= 11 is 0. The molecule has 116 valence electrons. The molecule has 4 saturated carbocycles. The van der Waals surface area contributed by atoms with Crippen LogP contribution in [0.5, 0.6) is 0 Å². The average Bonchev–Trinajstić information content (AvgIpc) is 3.01. The summed E-state index contributed by atoms with van der Waals surface area (Å²) in [5.41, 5.74) is 5.91. The highest BCUT2D eigenvalue weighted by Crippen LogP contribution is 2.83. The van der Waals surface area contributed by atoms with Crippen molar-refractivity contribution in [2.45, 2.75) is 62.3 Å². The van der Waals surface area contributed by atoms with E-state index in [1.165, 1.54) is 6.42 Å². The van der Waals surface area contributed by atoms with E-state index in [0.29, 0.717) is 17.9 Å². The summed E-state index contributed by atoms with van der Waals surface area (Å²) in [5, 5.41) is 14.3. The number of hydrogen-bond donors (Lipinski definition) is 3. The van der Waals surface area contributed by atoms with E-state index >= 15 is 0 Å². The number of nitrogens with zero attached hydrogens (tertiary/aromatic N) is 1. The highest BCUT2D eigenvalue weighted by molar-refractivity contribution is 5.79. The molecule has 1 amide bonds. The molecule has 5 fully saturated rings. The maximum absolute atomic E-state index is 12.4. The number of rotatable bonds is 3. The molecule has 0 aromatic carbocycles. The molecule has 5 nitrogen and oxygen atoms in total. The SMILES string of the molecule is N[C@@H]1CCCN1C(=O)CNC12CC3CC4CC(O)(C1)CC432. The van der Waals surface area contributed by atoms with Crippen LogP contribution in [0.25, 0.3) is 0 Å². The highest BCUT2D eigenvalue weighted by Gasteiger charge is 2.83. The third-order valence-corrected chi connectivity index (χ3v) is 7.59. The molecule has 1 heterocycles. The van der Waals surface area contributed by atoms with Crippen LogP contribution in [0, 0.1) is 17.3 Å². The summed E-state index contributed by atoms with van der Waals surface area (Å²) in [7, 11) is 0. The second kappa shape index (κ2) is 3.63. The van der Waals surface area contributed by atoms with Crippen LogP contribution in [0.1, 0.15) is 44.9 Å². The van der Waals surface area contributed by atoms with Gasteiger partial charge < -0.3 is 21.1 Å². The maximum atomic E-state index is 12.4. The van der Waals surface area contributed by atoms with Gasteiger partial charge in [0.25, 0.3) is 0 Å². The Labute approximate surface area is 125 Å². The summed E-state index contributed by atoms with van der Waals surface area (Å²) in [4.78, 5) is 14.2. The number of amides is 1. The standard InChI is InChI=1S/C16H25N3O2/c17-12-2-1-3-19(12)13(20)7-18-15-6-11-4-10-5-14(21,8-15)9-16(10,11)15/h10-12,18,21H,1-9,17H2/t10?,11?,12-,14?,15?,16?/m0/s1. The van der Waals surface area contributed by atoms with Crippen molar-refractivity contribution in [1.82, 2.24) is 10.2 Å². The largest absolute Gasteiger partial charge is 0.390 e. The van der Waals surface area contributed by atoms with Crippen molar-refractivity contribution in [2.24, 2.45) is 23.0 Å². The first-order valence-electron chi connectivity index (χ1n) is 8.51.